The molecule has 0 radical (unpaired) electrons. The molecule has 1 amide bonds. The second kappa shape index (κ2) is 8.07. The molecule has 0 saturated heterocycles. The summed E-state index contributed by atoms with van der Waals surface area (Å²) >= 11 is 1.14. The van der Waals surface area contributed by atoms with Crippen LogP contribution in [0.15, 0.2) is 46.3 Å². The minimum atomic E-state index is -0.383. The summed E-state index contributed by atoms with van der Waals surface area (Å²) in [4.78, 5) is 30.0. The van der Waals surface area contributed by atoms with Crippen LogP contribution in [0.25, 0.3) is 21.9 Å². The normalized spacial score (nSPS) is 11.3. The second-order valence-corrected chi connectivity index (χ2v) is 8.14. The number of halogens is 1. The van der Waals surface area contributed by atoms with E-state index in [-0.39, 0.29) is 23.0 Å². The first kappa shape index (κ1) is 20.9. The standard InChI is InChI=1S/C22H21FN4O3S/c1-12-5-6-13(9-16(12)23)24-18(28)11-31-22-25-19-15-10-14(30-4)7-8-17(15)26(2)20(19)21(29)27(22)3/h5-10H,11H2,1-4H3,(H,24,28). The number of benzene rings is 2. The molecule has 0 aliphatic rings. The lowest BCUT2D eigenvalue weighted by atomic mass is 10.2. The van der Waals surface area contributed by atoms with Crippen molar-refractivity contribution in [3.63, 3.8) is 0 Å². The van der Waals surface area contributed by atoms with Crippen LogP contribution in [0.2, 0.25) is 0 Å². The highest BCUT2D eigenvalue weighted by molar-refractivity contribution is 7.99. The van der Waals surface area contributed by atoms with E-state index in [2.05, 4.69) is 10.3 Å². The van der Waals surface area contributed by atoms with Crippen molar-refractivity contribution in [1.82, 2.24) is 14.1 Å². The zero-order valence-electron chi connectivity index (χ0n) is 17.5. The largest absolute Gasteiger partial charge is 0.497 e. The zero-order valence-corrected chi connectivity index (χ0v) is 18.3. The van der Waals surface area contributed by atoms with Gasteiger partial charge in [0.2, 0.25) is 5.91 Å². The molecule has 31 heavy (non-hydrogen) atoms. The van der Waals surface area contributed by atoms with Crippen molar-refractivity contribution in [2.45, 2.75) is 12.1 Å². The average molecular weight is 441 g/mol. The Labute approximate surface area is 181 Å². The fourth-order valence-corrected chi connectivity index (χ4v) is 4.20. The van der Waals surface area contributed by atoms with Gasteiger partial charge < -0.3 is 14.6 Å². The van der Waals surface area contributed by atoms with Gasteiger partial charge in [0.05, 0.1) is 18.4 Å². The van der Waals surface area contributed by atoms with E-state index in [0.717, 1.165) is 22.7 Å². The molecule has 0 fully saturated rings. The second-order valence-electron chi connectivity index (χ2n) is 7.20. The number of amides is 1. The van der Waals surface area contributed by atoms with Gasteiger partial charge in [-0.2, -0.15) is 0 Å². The smallest absolute Gasteiger partial charge is 0.278 e. The predicted molar refractivity (Wildman–Crippen MR) is 121 cm³/mol. The number of aryl methyl sites for hydroxylation is 2. The Bertz CT molecular complexity index is 1390. The topological polar surface area (TPSA) is 78.2 Å². The maximum atomic E-state index is 13.7. The molecule has 0 aliphatic heterocycles. The highest BCUT2D eigenvalue weighted by Crippen LogP contribution is 2.29. The minimum Gasteiger partial charge on any atom is -0.497 e. The van der Waals surface area contributed by atoms with Crippen molar-refractivity contribution in [2.75, 3.05) is 18.2 Å². The van der Waals surface area contributed by atoms with Crippen LogP contribution in [0.1, 0.15) is 5.56 Å². The van der Waals surface area contributed by atoms with Crippen LogP contribution in [0.5, 0.6) is 5.75 Å². The highest BCUT2D eigenvalue weighted by Gasteiger charge is 2.18. The number of thioether (sulfide) groups is 1. The number of hydrogen-bond donors (Lipinski definition) is 1. The van der Waals surface area contributed by atoms with Crippen LogP contribution in [-0.4, -0.2) is 32.9 Å². The van der Waals surface area contributed by atoms with Crippen LogP contribution < -0.4 is 15.6 Å². The molecular formula is C22H21FN4O3S. The Morgan fingerprint density at radius 1 is 1.19 bits per heavy atom. The van der Waals surface area contributed by atoms with Crippen molar-refractivity contribution in [2.24, 2.45) is 14.1 Å². The maximum Gasteiger partial charge on any atom is 0.278 e. The van der Waals surface area contributed by atoms with Crippen LogP contribution in [0.4, 0.5) is 10.1 Å². The molecule has 0 spiro atoms. The van der Waals surface area contributed by atoms with Gasteiger partial charge in [-0.3, -0.25) is 14.2 Å². The summed E-state index contributed by atoms with van der Waals surface area (Å²) in [6.07, 6.45) is 0. The molecule has 0 atom stereocenters. The van der Waals surface area contributed by atoms with Gasteiger partial charge >= 0.3 is 0 Å². The molecule has 2 aromatic carbocycles. The summed E-state index contributed by atoms with van der Waals surface area (Å²) in [6.45, 7) is 1.65. The Kier molecular flexibility index (Phi) is 5.45. The van der Waals surface area contributed by atoms with Crippen molar-refractivity contribution in [3.05, 3.63) is 58.1 Å². The van der Waals surface area contributed by atoms with Crippen LogP contribution in [0.3, 0.4) is 0 Å². The lowest BCUT2D eigenvalue weighted by Crippen LogP contribution is -2.22. The molecule has 4 rings (SSSR count). The molecule has 2 aromatic heterocycles. The molecule has 9 heteroatoms. The predicted octanol–water partition coefficient (Wildman–Crippen LogP) is 3.61. The average Bonchev–Trinajstić information content (AvgIpc) is 3.03. The van der Waals surface area contributed by atoms with Gasteiger partial charge in [-0.15, -0.1) is 0 Å². The first-order valence-electron chi connectivity index (χ1n) is 9.52. The van der Waals surface area contributed by atoms with E-state index in [0.29, 0.717) is 33.2 Å². The molecule has 7 nitrogen and oxygen atoms in total. The van der Waals surface area contributed by atoms with E-state index in [9.17, 15) is 14.0 Å². The van der Waals surface area contributed by atoms with E-state index in [1.165, 1.54) is 10.6 Å². The molecular weight excluding hydrogens is 419 g/mol. The molecule has 0 saturated carbocycles. The molecule has 4 aromatic rings. The van der Waals surface area contributed by atoms with E-state index in [4.69, 9.17) is 4.74 Å². The lowest BCUT2D eigenvalue weighted by molar-refractivity contribution is -0.113. The summed E-state index contributed by atoms with van der Waals surface area (Å²) in [5.41, 5.74) is 2.59. The number of rotatable bonds is 5. The number of nitrogens with zero attached hydrogens (tertiary/aromatic N) is 3. The number of nitrogens with one attached hydrogen (secondary N) is 1. The van der Waals surface area contributed by atoms with Crippen molar-refractivity contribution in [1.29, 1.82) is 0 Å². The lowest BCUT2D eigenvalue weighted by Gasteiger charge is -2.09. The van der Waals surface area contributed by atoms with Crippen LogP contribution >= 0.6 is 11.8 Å². The maximum absolute atomic E-state index is 13.7. The van der Waals surface area contributed by atoms with Crippen molar-refractivity contribution in [3.8, 4) is 5.75 Å². The summed E-state index contributed by atoms with van der Waals surface area (Å²) in [6, 6.07) is 10.1. The van der Waals surface area contributed by atoms with Crippen molar-refractivity contribution < 1.29 is 13.9 Å². The van der Waals surface area contributed by atoms with Crippen LogP contribution in [0, 0.1) is 12.7 Å². The summed E-state index contributed by atoms with van der Waals surface area (Å²) in [7, 11) is 5.03. The minimum absolute atomic E-state index is 0.0232. The Morgan fingerprint density at radius 3 is 2.68 bits per heavy atom. The van der Waals surface area contributed by atoms with Gasteiger partial charge in [0.1, 0.15) is 22.6 Å². The van der Waals surface area contributed by atoms with Gasteiger partial charge in [-0.1, -0.05) is 17.8 Å². The van der Waals surface area contributed by atoms with Gasteiger partial charge in [0, 0.05) is 25.2 Å². The Balaban J connectivity index is 1.65. The summed E-state index contributed by atoms with van der Waals surface area (Å²) in [5, 5.41) is 3.88. The quantitative estimate of drug-likeness (QED) is 0.379. The molecule has 2 heterocycles. The SMILES string of the molecule is COc1ccc2c(c1)c1nc(SCC(=O)Nc3ccc(C)c(F)c3)n(C)c(=O)c1n2C. The van der Waals surface area contributed by atoms with Gasteiger partial charge in [-0.25, -0.2) is 9.37 Å². The molecule has 0 unspecified atom stereocenters. The van der Waals surface area contributed by atoms with Crippen LogP contribution in [-0.2, 0) is 18.9 Å². The van der Waals surface area contributed by atoms with Gasteiger partial charge in [0.25, 0.3) is 5.56 Å². The van der Waals surface area contributed by atoms with Crippen molar-refractivity contribution >= 4 is 45.3 Å². The third kappa shape index (κ3) is 3.76. The zero-order chi connectivity index (χ0) is 22.3. The Morgan fingerprint density at radius 2 is 1.97 bits per heavy atom. The van der Waals surface area contributed by atoms with Gasteiger partial charge in [-0.05, 0) is 42.8 Å². The summed E-state index contributed by atoms with van der Waals surface area (Å²) < 4.78 is 22.2. The summed E-state index contributed by atoms with van der Waals surface area (Å²) in [5.74, 6) is -0.00929. The molecule has 160 valence electrons. The van der Waals surface area contributed by atoms with E-state index in [1.807, 2.05) is 29.8 Å². The van der Waals surface area contributed by atoms with E-state index < -0.39 is 0 Å². The van der Waals surface area contributed by atoms with E-state index in [1.54, 1.807) is 33.2 Å². The number of aromatic nitrogens is 3. The monoisotopic (exact) mass is 440 g/mol. The van der Waals surface area contributed by atoms with E-state index >= 15 is 0 Å². The number of methoxy groups -OCH3 is 1. The number of carbonyl (C=O) groups is 1. The molecule has 0 bridgehead atoms. The third-order valence-electron chi connectivity index (χ3n) is 5.17. The highest BCUT2D eigenvalue weighted by atomic mass is 32.2. The number of hydrogen-bond acceptors (Lipinski definition) is 5. The molecule has 0 aliphatic carbocycles. The fraction of sp³-hybridized carbons (Fsp3) is 0.227. The third-order valence-corrected chi connectivity index (χ3v) is 6.20. The molecule has 1 N–H and O–H groups in total. The van der Waals surface area contributed by atoms with Gasteiger partial charge in [0.15, 0.2) is 5.16 Å². The number of ether oxygens (including phenoxy) is 1. The fourth-order valence-electron chi connectivity index (χ4n) is 3.43. The number of fused-ring (bicyclic) bond motifs is 3. The Hall–Kier alpha value is -3.33. The first-order chi connectivity index (χ1) is 14.8. The number of anilines is 1. The first-order valence-corrected chi connectivity index (χ1v) is 10.5. The number of carbonyl (C=O) groups excluding carboxylic acids is 1.